The zero-order chi connectivity index (χ0) is 44.7. The van der Waals surface area contributed by atoms with Crippen LogP contribution < -0.4 is 25.4 Å². The highest BCUT2D eigenvalue weighted by molar-refractivity contribution is 7.92. The Labute approximate surface area is 363 Å². The molecule has 63 heavy (non-hydrogen) atoms. The molecule has 2 aliphatic rings. The van der Waals surface area contributed by atoms with Crippen LogP contribution in [0, 0.1) is 10.1 Å². The van der Waals surface area contributed by atoms with Crippen molar-refractivity contribution in [2.24, 2.45) is 0 Å². The van der Waals surface area contributed by atoms with Crippen molar-refractivity contribution in [1.29, 1.82) is 0 Å². The summed E-state index contributed by atoms with van der Waals surface area (Å²) < 4.78 is 35.8. The molecule has 0 aliphatic carbocycles. The van der Waals surface area contributed by atoms with E-state index in [9.17, 15) is 42.5 Å². The summed E-state index contributed by atoms with van der Waals surface area (Å²) in [6, 6.07) is 12.2. The molecule has 3 aromatic heterocycles. The van der Waals surface area contributed by atoms with Crippen molar-refractivity contribution in [1.82, 2.24) is 35.2 Å². The van der Waals surface area contributed by atoms with Crippen molar-refractivity contribution in [3.05, 3.63) is 111 Å². The van der Waals surface area contributed by atoms with Crippen molar-refractivity contribution in [2.75, 3.05) is 29.0 Å². The summed E-state index contributed by atoms with van der Waals surface area (Å²) in [4.78, 5) is 83.1. The van der Waals surface area contributed by atoms with Gasteiger partial charge in [-0.3, -0.25) is 53.7 Å². The van der Waals surface area contributed by atoms with Gasteiger partial charge in [-0.25, -0.2) is 18.4 Å². The van der Waals surface area contributed by atoms with Crippen molar-refractivity contribution < 1.29 is 42.1 Å². The summed E-state index contributed by atoms with van der Waals surface area (Å²) in [5, 5.41) is 27.3. The molecule has 5 amide bonds. The molecule has 4 N–H and O–H groups in total. The maximum Gasteiger partial charge on any atom is 0.324 e. The molecule has 1 fully saturated rings. The molecular weight excluding hydrogens is 859 g/mol. The molecule has 5 heterocycles. The number of unbranched alkanes of at least 4 members (excludes halogenated alkanes) is 1. The van der Waals surface area contributed by atoms with Gasteiger partial charge in [-0.05, 0) is 87.1 Å². The number of methoxy groups -OCH3 is 1. The van der Waals surface area contributed by atoms with Crippen LogP contribution in [0.2, 0.25) is 0 Å². The summed E-state index contributed by atoms with van der Waals surface area (Å²) in [6.45, 7) is 1.04. The van der Waals surface area contributed by atoms with E-state index < -0.39 is 50.5 Å². The third-order valence-corrected chi connectivity index (χ3v) is 12.2. The van der Waals surface area contributed by atoms with Crippen molar-refractivity contribution >= 4 is 79.2 Å². The number of carbonyl (C=O) groups is 5. The lowest BCUT2D eigenvalue weighted by atomic mass is 10.0. The predicted octanol–water partition coefficient (Wildman–Crippen LogP) is 3.97. The molecule has 0 saturated carbocycles. The number of hydrogen-bond acceptors (Lipinski definition) is 16. The lowest BCUT2D eigenvalue weighted by Crippen LogP contribution is -2.54. The molecule has 23 heteroatoms. The Balaban J connectivity index is 0.837. The van der Waals surface area contributed by atoms with E-state index in [1.807, 2.05) is 6.20 Å². The highest BCUT2D eigenvalue weighted by atomic mass is 32.2. The van der Waals surface area contributed by atoms with Crippen LogP contribution in [0.3, 0.4) is 0 Å². The molecule has 21 nitrogen and oxygen atoms in total. The molecule has 326 valence electrons. The Morgan fingerprint density at radius 3 is 2.57 bits per heavy atom. The van der Waals surface area contributed by atoms with Gasteiger partial charge in [-0.2, -0.15) is 0 Å². The average Bonchev–Trinajstić information content (AvgIpc) is 3.99. The number of fused-ring (bicyclic) bond motifs is 1. The monoisotopic (exact) mass is 897 g/mol. The third kappa shape index (κ3) is 10.4. The average molecular weight is 898 g/mol. The molecule has 2 aliphatic heterocycles. The summed E-state index contributed by atoms with van der Waals surface area (Å²) in [7, 11) is -2.78. The van der Waals surface area contributed by atoms with Crippen LogP contribution >= 0.6 is 11.3 Å². The smallest absolute Gasteiger partial charge is 0.324 e. The zero-order valence-electron chi connectivity index (χ0n) is 33.5. The molecule has 0 spiro atoms. The van der Waals surface area contributed by atoms with E-state index >= 15 is 0 Å². The van der Waals surface area contributed by atoms with E-state index in [4.69, 9.17) is 4.74 Å². The maximum absolute atomic E-state index is 13.3. The first-order valence-electron chi connectivity index (χ1n) is 19.5. The third-order valence-electron chi connectivity index (χ3n) is 9.89. The Bertz CT molecular complexity index is 2730. The fraction of sp³-hybridized carbons (Fsp3) is 0.275. The van der Waals surface area contributed by atoms with Gasteiger partial charge in [0.2, 0.25) is 23.5 Å². The minimum atomic E-state index is -4.12. The van der Waals surface area contributed by atoms with Gasteiger partial charge < -0.3 is 15.4 Å². The molecule has 1 saturated heterocycles. The molecule has 1 atom stereocenters. The summed E-state index contributed by atoms with van der Waals surface area (Å²) in [5.41, 5.74) is 2.61. The molecule has 1 unspecified atom stereocenters. The van der Waals surface area contributed by atoms with Crippen molar-refractivity contribution in [2.45, 2.75) is 62.4 Å². The Kier molecular flexibility index (Phi) is 13.3. The highest BCUT2D eigenvalue weighted by Gasteiger charge is 2.45. The fourth-order valence-corrected chi connectivity index (χ4v) is 8.55. The van der Waals surface area contributed by atoms with Crippen LogP contribution in [-0.4, -0.2) is 92.4 Å². The van der Waals surface area contributed by atoms with E-state index in [0.29, 0.717) is 54.3 Å². The van der Waals surface area contributed by atoms with Gasteiger partial charge in [0.1, 0.15) is 6.04 Å². The lowest BCUT2D eigenvalue weighted by molar-refractivity contribution is -0.380. The number of aryl methyl sites for hydroxylation is 3. The normalized spacial score (nSPS) is 15.1. The van der Waals surface area contributed by atoms with Gasteiger partial charge in [-0.1, -0.05) is 22.6 Å². The van der Waals surface area contributed by atoms with Crippen LogP contribution in [-0.2, 0) is 43.8 Å². The SMILES string of the molecule is COc1nc(CCCn2cc(CCCCNc3cccc4c3C(=O)N(C3CCC(=O)NC3=O)C4=O)nn2)cnc1NS(=O)(=O)c1ccc(NC(=O)/C=C/c2ccc([N+](=O)[O-])s2)cc1. The topological polar surface area (TPSA) is 280 Å². The Morgan fingerprint density at radius 2 is 1.83 bits per heavy atom. The fourth-order valence-electron chi connectivity index (χ4n) is 6.82. The number of nitrogens with one attached hydrogen (secondary N) is 4. The number of aromatic nitrogens is 5. The van der Waals surface area contributed by atoms with Gasteiger partial charge in [0.15, 0.2) is 0 Å². The number of carbonyl (C=O) groups excluding carboxylic acids is 5. The van der Waals surface area contributed by atoms with Crippen LogP contribution in [0.15, 0.2) is 78.0 Å². The first-order chi connectivity index (χ1) is 30.3. The second-order valence-corrected chi connectivity index (χ2v) is 17.0. The summed E-state index contributed by atoms with van der Waals surface area (Å²) in [5.74, 6) is -2.86. The number of nitro groups is 1. The van der Waals surface area contributed by atoms with Gasteiger partial charge >= 0.3 is 5.00 Å². The highest BCUT2D eigenvalue weighted by Crippen LogP contribution is 2.33. The van der Waals surface area contributed by atoms with Gasteiger partial charge in [0, 0.05) is 54.1 Å². The van der Waals surface area contributed by atoms with Crippen molar-refractivity contribution in [3.63, 3.8) is 0 Å². The quantitative estimate of drug-likeness (QED) is 0.0300. The molecule has 5 aromatic rings. The van der Waals surface area contributed by atoms with E-state index in [-0.39, 0.29) is 45.6 Å². The first kappa shape index (κ1) is 43.7. The molecule has 2 aromatic carbocycles. The lowest BCUT2D eigenvalue weighted by Gasteiger charge is -2.27. The number of piperidine rings is 1. The standard InChI is InChI=1S/C40H39N11O10S2/c1-61-38-36(47-63(59,60)28-14-10-24(11-15-28)43-32(52)17-12-27-13-19-34(62-27)51(57)58)42-22-25(44-38)7-5-21-49-23-26(46-48-49)6-2-3-20-41-30-9-4-8-29-35(30)40(56)50(39(29)55)31-16-18-33(53)45-37(31)54/h4,8-15,17,19,22-23,31,41H,2-3,5-7,16,18,20-21H2,1H3,(H,42,47)(H,43,52)(H,45,53,54)/b17-12+. The number of benzene rings is 2. The number of anilines is 3. The van der Waals surface area contributed by atoms with Crippen LogP contribution in [0.5, 0.6) is 5.88 Å². The number of hydrogen-bond donors (Lipinski definition) is 4. The molecule has 0 radical (unpaired) electrons. The largest absolute Gasteiger partial charge is 0.478 e. The molecule has 0 bridgehead atoms. The number of ether oxygens (including phenoxy) is 1. The summed E-state index contributed by atoms with van der Waals surface area (Å²) >= 11 is 0.922. The molecule has 7 rings (SSSR count). The van der Waals surface area contributed by atoms with Gasteiger partial charge in [0.25, 0.3) is 27.7 Å². The maximum atomic E-state index is 13.3. The summed E-state index contributed by atoms with van der Waals surface area (Å²) in [6.07, 6.45) is 9.33. The Morgan fingerprint density at radius 1 is 1.03 bits per heavy atom. The van der Waals surface area contributed by atoms with Crippen molar-refractivity contribution in [3.8, 4) is 5.88 Å². The number of thiophene rings is 1. The number of rotatable bonds is 19. The van der Waals surface area contributed by atoms with Crippen LogP contribution in [0.4, 0.5) is 22.2 Å². The predicted molar refractivity (Wildman–Crippen MR) is 227 cm³/mol. The van der Waals surface area contributed by atoms with Crippen LogP contribution in [0.25, 0.3) is 6.08 Å². The Hall–Kier alpha value is -7.40. The first-order valence-corrected chi connectivity index (χ1v) is 21.8. The number of nitrogens with zero attached hydrogens (tertiary/aromatic N) is 7. The van der Waals surface area contributed by atoms with E-state index in [2.05, 4.69) is 41.0 Å². The second-order valence-electron chi connectivity index (χ2n) is 14.2. The van der Waals surface area contributed by atoms with E-state index in [0.717, 1.165) is 34.8 Å². The minimum Gasteiger partial charge on any atom is -0.478 e. The van der Waals surface area contributed by atoms with E-state index in [1.54, 1.807) is 22.9 Å². The van der Waals surface area contributed by atoms with Gasteiger partial charge in [0.05, 0.1) is 45.6 Å². The zero-order valence-corrected chi connectivity index (χ0v) is 35.1. The number of amides is 5. The van der Waals surface area contributed by atoms with Gasteiger partial charge in [-0.15, -0.1) is 5.10 Å². The molecular formula is C40H39N11O10S2. The minimum absolute atomic E-state index is 0.0220. The van der Waals surface area contributed by atoms with E-state index in [1.165, 1.54) is 61.9 Å². The number of imide groups is 2. The second kappa shape index (κ2) is 19.1. The van der Waals surface area contributed by atoms with Crippen LogP contribution in [0.1, 0.15) is 69.1 Å². The number of sulfonamides is 1.